The predicted molar refractivity (Wildman–Crippen MR) is 69.1 cm³/mol. The van der Waals surface area contributed by atoms with E-state index in [9.17, 15) is 9.59 Å². The molecular formula is C13H23N3O2. The maximum absolute atomic E-state index is 12.5. The average Bonchev–Trinajstić information content (AvgIpc) is 3.01. The third-order valence-electron chi connectivity index (χ3n) is 4.09. The standard InChI is InChI=1S/C13H23N3O2/c1-3-11(16-8-4-5-12(16)17)13(18)15(2)10-6-7-14-9-10/h10-11,14H,3-9H2,1-2H3. The van der Waals surface area contributed by atoms with Crippen molar-refractivity contribution in [2.75, 3.05) is 26.7 Å². The maximum atomic E-state index is 12.5. The molecule has 0 spiro atoms. The van der Waals surface area contributed by atoms with Crippen LogP contribution in [0.2, 0.25) is 0 Å². The summed E-state index contributed by atoms with van der Waals surface area (Å²) in [5, 5.41) is 3.27. The molecule has 2 fully saturated rings. The summed E-state index contributed by atoms with van der Waals surface area (Å²) in [6, 6.07) is 0.0230. The number of carbonyl (C=O) groups is 2. The van der Waals surface area contributed by atoms with Crippen LogP contribution in [0.1, 0.15) is 32.6 Å². The van der Waals surface area contributed by atoms with Gasteiger partial charge in [0.05, 0.1) is 0 Å². The van der Waals surface area contributed by atoms with Gasteiger partial charge in [0.1, 0.15) is 6.04 Å². The van der Waals surface area contributed by atoms with Crippen molar-refractivity contribution in [3.63, 3.8) is 0 Å². The third-order valence-corrected chi connectivity index (χ3v) is 4.09. The number of amides is 2. The highest BCUT2D eigenvalue weighted by Crippen LogP contribution is 2.19. The van der Waals surface area contributed by atoms with E-state index in [1.807, 2.05) is 18.9 Å². The Labute approximate surface area is 108 Å². The molecule has 18 heavy (non-hydrogen) atoms. The van der Waals surface area contributed by atoms with Crippen LogP contribution in [0.5, 0.6) is 0 Å². The van der Waals surface area contributed by atoms with Crippen molar-refractivity contribution in [2.45, 2.75) is 44.7 Å². The second-order valence-corrected chi connectivity index (χ2v) is 5.21. The molecule has 2 saturated heterocycles. The van der Waals surface area contributed by atoms with Crippen molar-refractivity contribution in [1.82, 2.24) is 15.1 Å². The van der Waals surface area contributed by atoms with Gasteiger partial charge in [-0.1, -0.05) is 6.92 Å². The van der Waals surface area contributed by atoms with Gasteiger partial charge in [0.15, 0.2) is 0 Å². The number of rotatable bonds is 4. The molecule has 0 aromatic rings. The van der Waals surface area contributed by atoms with E-state index in [2.05, 4.69) is 5.32 Å². The average molecular weight is 253 g/mol. The van der Waals surface area contributed by atoms with E-state index in [-0.39, 0.29) is 23.9 Å². The second-order valence-electron chi connectivity index (χ2n) is 5.21. The van der Waals surface area contributed by atoms with Gasteiger partial charge in [0, 0.05) is 32.6 Å². The molecule has 0 aromatic heterocycles. The van der Waals surface area contributed by atoms with Gasteiger partial charge in [-0.25, -0.2) is 0 Å². The largest absolute Gasteiger partial charge is 0.340 e. The van der Waals surface area contributed by atoms with Gasteiger partial charge in [0.25, 0.3) is 0 Å². The SMILES string of the molecule is CCC(C(=O)N(C)C1CCNC1)N1CCCC1=O. The molecule has 2 heterocycles. The van der Waals surface area contributed by atoms with Crippen LogP contribution in [-0.4, -0.2) is 60.4 Å². The van der Waals surface area contributed by atoms with Crippen LogP contribution in [0.25, 0.3) is 0 Å². The molecule has 2 rings (SSSR count). The van der Waals surface area contributed by atoms with Gasteiger partial charge in [-0.05, 0) is 25.8 Å². The lowest BCUT2D eigenvalue weighted by Crippen LogP contribution is -2.51. The van der Waals surface area contributed by atoms with E-state index in [0.29, 0.717) is 12.8 Å². The van der Waals surface area contributed by atoms with Crippen LogP contribution in [0, 0.1) is 0 Å². The molecule has 0 bridgehead atoms. The highest BCUT2D eigenvalue weighted by atomic mass is 16.2. The van der Waals surface area contributed by atoms with Crippen LogP contribution >= 0.6 is 0 Å². The summed E-state index contributed by atoms with van der Waals surface area (Å²) in [5.74, 6) is 0.231. The van der Waals surface area contributed by atoms with Gasteiger partial charge < -0.3 is 15.1 Å². The molecule has 0 radical (unpaired) electrons. The Bertz CT molecular complexity index is 326. The van der Waals surface area contributed by atoms with E-state index in [1.165, 1.54) is 0 Å². The van der Waals surface area contributed by atoms with E-state index in [0.717, 1.165) is 32.5 Å². The molecule has 2 amide bonds. The fourth-order valence-electron chi connectivity index (χ4n) is 2.91. The first-order chi connectivity index (χ1) is 8.65. The lowest BCUT2D eigenvalue weighted by atomic mass is 10.1. The first-order valence-electron chi connectivity index (χ1n) is 6.92. The van der Waals surface area contributed by atoms with E-state index >= 15 is 0 Å². The zero-order chi connectivity index (χ0) is 13.1. The van der Waals surface area contributed by atoms with Crippen LogP contribution < -0.4 is 5.32 Å². The number of nitrogens with zero attached hydrogens (tertiary/aromatic N) is 2. The molecule has 5 heteroatoms. The third kappa shape index (κ3) is 2.51. The molecule has 0 saturated carbocycles. The van der Waals surface area contributed by atoms with Crippen LogP contribution in [0.15, 0.2) is 0 Å². The Balaban J connectivity index is 2.02. The van der Waals surface area contributed by atoms with E-state index in [4.69, 9.17) is 0 Å². The van der Waals surface area contributed by atoms with Gasteiger partial charge >= 0.3 is 0 Å². The molecule has 2 atom stereocenters. The Morgan fingerprint density at radius 1 is 1.61 bits per heavy atom. The van der Waals surface area contributed by atoms with Gasteiger partial charge in [-0.15, -0.1) is 0 Å². The minimum Gasteiger partial charge on any atom is -0.340 e. The van der Waals surface area contributed by atoms with Crippen LogP contribution in [-0.2, 0) is 9.59 Å². The van der Waals surface area contributed by atoms with Crippen molar-refractivity contribution < 1.29 is 9.59 Å². The minimum absolute atomic E-state index is 0.0986. The van der Waals surface area contributed by atoms with E-state index < -0.39 is 0 Å². The first kappa shape index (κ1) is 13.3. The summed E-state index contributed by atoms with van der Waals surface area (Å²) in [6.45, 7) is 4.56. The molecule has 2 aliphatic heterocycles. The Morgan fingerprint density at radius 3 is 2.89 bits per heavy atom. The zero-order valence-corrected chi connectivity index (χ0v) is 11.3. The van der Waals surface area contributed by atoms with Crippen LogP contribution in [0.4, 0.5) is 0 Å². The van der Waals surface area contributed by atoms with E-state index in [1.54, 1.807) is 4.90 Å². The quantitative estimate of drug-likeness (QED) is 0.779. The summed E-state index contributed by atoms with van der Waals surface area (Å²) in [6.07, 6.45) is 3.19. The van der Waals surface area contributed by atoms with Crippen molar-refractivity contribution in [3.05, 3.63) is 0 Å². The minimum atomic E-state index is -0.259. The molecule has 102 valence electrons. The normalized spacial score (nSPS) is 25.6. The zero-order valence-electron chi connectivity index (χ0n) is 11.3. The number of hydrogen-bond acceptors (Lipinski definition) is 3. The topological polar surface area (TPSA) is 52.7 Å². The lowest BCUT2D eigenvalue weighted by Gasteiger charge is -2.32. The number of likely N-dealkylation sites (tertiary alicyclic amines) is 1. The van der Waals surface area contributed by atoms with Crippen LogP contribution in [0.3, 0.4) is 0 Å². The molecule has 5 nitrogen and oxygen atoms in total. The molecule has 0 aliphatic carbocycles. The number of likely N-dealkylation sites (N-methyl/N-ethyl adjacent to an activating group) is 1. The monoisotopic (exact) mass is 253 g/mol. The summed E-state index contributed by atoms with van der Waals surface area (Å²) < 4.78 is 0. The van der Waals surface area contributed by atoms with Crippen molar-refractivity contribution in [2.24, 2.45) is 0 Å². The first-order valence-corrected chi connectivity index (χ1v) is 6.92. The molecule has 0 aromatic carbocycles. The Hall–Kier alpha value is -1.10. The van der Waals surface area contributed by atoms with Crippen molar-refractivity contribution in [3.8, 4) is 0 Å². The maximum Gasteiger partial charge on any atom is 0.245 e. The Morgan fingerprint density at radius 2 is 2.39 bits per heavy atom. The van der Waals surface area contributed by atoms with Crippen molar-refractivity contribution in [1.29, 1.82) is 0 Å². The fraction of sp³-hybridized carbons (Fsp3) is 0.846. The molecule has 2 aliphatic rings. The summed E-state index contributed by atoms with van der Waals surface area (Å²) >= 11 is 0. The fourth-order valence-corrected chi connectivity index (χ4v) is 2.91. The number of carbonyl (C=O) groups excluding carboxylic acids is 2. The predicted octanol–water partition coefficient (Wildman–Crippen LogP) is 0.208. The Kier molecular flexibility index (Phi) is 4.22. The summed E-state index contributed by atoms with van der Waals surface area (Å²) in [4.78, 5) is 27.9. The number of nitrogens with one attached hydrogen (secondary N) is 1. The van der Waals surface area contributed by atoms with Gasteiger partial charge in [-0.3, -0.25) is 9.59 Å². The van der Waals surface area contributed by atoms with Gasteiger partial charge in [0.2, 0.25) is 11.8 Å². The molecule has 1 N–H and O–H groups in total. The smallest absolute Gasteiger partial charge is 0.245 e. The lowest BCUT2D eigenvalue weighted by molar-refractivity contribution is -0.144. The molecule has 2 unspecified atom stereocenters. The summed E-state index contributed by atoms with van der Waals surface area (Å²) in [5.41, 5.74) is 0. The number of hydrogen-bond donors (Lipinski definition) is 1. The second kappa shape index (κ2) is 5.69. The van der Waals surface area contributed by atoms with Gasteiger partial charge in [-0.2, -0.15) is 0 Å². The van der Waals surface area contributed by atoms with Crippen molar-refractivity contribution >= 4 is 11.8 Å². The molecular weight excluding hydrogens is 230 g/mol. The highest BCUT2D eigenvalue weighted by Gasteiger charge is 2.35. The highest BCUT2D eigenvalue weighted by molar-refractivity contribution is 5.88. The summed E-state index contributed by atoms with van der Waals surface area (Å²) in [7, 11) is 1.86.